The number of ether oxygens (including phenoxy) is 1. The normalized spacial score (nSPS) is 16.4. The van der Waals surface area contributed by atoms with Crippen LogP contribution in [0.25, 0.3) is 0 Å². The summed E-state index contributed by atoms with van der Waals surface area (Å²) in [5, 5.41) is 5.32. The largest absolute Gasteiger partial charge is 0.381 e. The van der Waals surface area contributed by atoms with Crippen molar-refractivity contribution in [3.8, 4) is 0 Å². The van der Waals surface area contributed by atoms with E-state index >= 15 is 0 Å². The van der Waals surface area contributed by atoms with E-state index in [-0.39, 0.29) is 18.6 Å². The van der Waals surface area contributed by atoms with Gasteiger partial charge < -0.3 is 26.1 Å². The van der Waals surface area contributed by atoms with Crippen LogP contribution >= 0.6 is 0 Å². The molecule has 1 saturated heterocycles. The molecule has 2 heterocycles. The number of aryl methyl sites for hydroxylation is 2. The Labute approximate surface area is 140 Å². The van der Waals surface area contributed by atoms with Gasteiger partial charge in [0.15, 0.2) is 0 Å². The Balaban J connectivity index is 1.92. The third-order valence-corrected chi connectivity index (χ3v) is 4.48. The number of aromatic nitrogens is 1. The molecule has 0 saturated carbocycles. The summed E-state index contributed by atoms with van der Waals surface area (Å²) >= 11 is 0. The minimum Gasteiger partial charge on any atom is -0.381 e. The van der Waals surface area contributed by atoms with E-state index in [1.54, 1.807) is 6.92 Å². The van der Waals surface area contributed by atoms with Gasteiger partial charge in [-0.3, -0.25) is 9.59 Å². The second kappa shape index (κ2) is 7.48. The molecule has 0 aliphatic carbocycles. The molecular formula is C16H24N4O4. The molecule has 8 nitrogen and oxygen atoms in total. The molecule has 0 aromatic carbocycles. The third kappa shape index (κ3) is 4.14. The lowest BCUT2D eigenvalue weighted by atomic mass is 9.79. The lowest BCUT2D eigenvalue weighted by Crippen LogP contribution is -2.51. The molecule has 8 heteroatoms. The van der Waals surface area contributed by atoms with Gasteiger partial charge >= 0.3 is 6.03 Å². The molecule has 0 bridgehead atoms. The molecule has 24 heavy (non-hydrogen) atoms. The van der Waals surface area contributed by atoms with Crippen LogP contribution in [0.5, 0.6) is 0 Å². The summed E-state index contributed by atoms with van der Waals surface area (Å²) in [6, 6.07) is 1.40. The first-order valence-corrected chi connectivity index (χ1v) is 7.93. The minimum atomic E-state index is -0.771. The van der Waals surface area contributed by atoms with Gasteiger partial charge in [-0.05, 0) is 38.3 Å². The van der Waals surface area contributed by atoms with Crippen molar-refractivity contribution >= 4 is 11.9 Å². The predicted octanol–water partition coefficient (Wildman–Crippen LogP) is 0.0730. The smallest absolute Gasteiger partial charge is 0.315 e. The first-order valence-electron chi connectivity index (χ1n) is 7.93. The first-order chi connectivity index (χ1) is 11.3. The number of carbonyl (C=O) groups excluding carboxylic acids is 2. The second-order valence-electron chi connectivity index (χ2n) is 6.24. The van der Waals surface area contributed by atoms with Gasteiger partial charge in [0.05, 0.1) is 12.0 Å². The van der Waals surface area contributed by atoms with Gasteiger partial charge in [0.25, 0.3) is 5.56 Å². The Bertz CT molecular complexity index is 677. The Kier molecular flexibility index (Phi) is 5.61. The molecule has 2 rings (SSSR count). The van der Waals surface area contributed by atoms with Crippen LogP contribution in [0, 0.1) is 19.3 Å². The highest BCUT2D eigenvalue weighted by Crippen LogP contribution is 2.29. The van der Waals surface area contributed by atoms with E-state index in [1.165, 1.54) is 0 Å². The van der Waals surface area contributed by atoms with Crippen LogP contribution in [0.15, 0.2) is 10.9 Å². The fourth-order valence-electron chi connectivity index (χ4n) is 2.85. The highest BCUT2D eigenvalue weighted by Gasteiger charge is 2.38. The number of primary amides is 1. The number of aromatic amines is 1. The molecule has 1 aliphatic heterocycles. The zero-order valence-corrected chi connectivity index (χ0v) is 14.0. The second-order valence-corrected chi connectivity index (χ2v) is 6.24. The lowest BCUT2D eigenvalue weighted by molar-refractivity contribution is -0.132. The van der Waals surface area contributed by atoms with Crippen LogP contribution < -0.4 is 21.9 Å². The zero-order chi connectivity index (χ0) is 17.7. The van der Waals surface area contributed by atoms with Crippen molar-refractivity contribution in [2.45, 2.75) is 33.2 Å². The van der Waals surface area contributed by atoms with E-state index in [0.717, 1.165) is 11.3 Å². The minimum absolute atomic E-state index is 0.111. The number of nitrogens with two attached hydrogens (primary N) is 1. The van der Waals surface area contributed by atoms with Crippen molar-refractivity contribution in [3.63, 3.8) is 0 Å². The van der Waals surface area contributed by atoms with Crippen molar-refractivity contribution < 1.29 is 14.3 Å². The maximum Gasteiger partial charge on any atom is 0.315 e. The van der Waals surface area contributed by atoms with E-state index in [0.29, 0.717) is 31.6 Å². The van der Waals surface area contributed by atoms with Crippen molar-refractivity contribution in [1.29, 1.82) is 0 Å². The highest BCUT2D eigenvalue weighted by molar-refractivity contribution is 5.82. The Morgan fingerprint density at radius 3 is 2.54 bits per heavy atom. The molecule has 1 fully saturated rings. The number of amides is 3. The van der Waals surface area contributed by atoms with Crippen LogP contribution in [-0.4, -0.2) is 36.7 Å². The monoisotopic (exact) mass is 336 g/mol. The van der Waals surface area contributed by atoms with Gasteiger partial charge in [0, 0.05) is 31.0 Å². The lowest BCUT2D eigenvalue weighted by Gasteiger charge is -2.34. The number of hydrogen-bond acceptors (Lipinski definition) is 4. The fourth-order valence-corrected chi connectivity index (χ4v) is 2.85. The Hall–Kier alpha value is -2.35. The van der Waals surface area contributed by atoms with Gasteiger partial charge in [-0.2, -0.15) is 0 Å². The number of pyridine rings is 1. The number of urea groups is 1. The quantitative estimate of drug-likeness (QED) is 0.607. The van der Waals surface area contributed by atoms with E-state index in [4.69, 9.17) is 10.5 Å². The van der Waals surface area contributed by atoms with Gasteiger partial charge in [-0.15, -0.1) is 0 Å². The Morgan fingerprint density at radius 2 is 1.96 bits per heavy atom. The summed E-state index contributed by atoms with van der Waals surface area (Å²) in [5.41, 5.74) is 6.60. The van der Waals surface area contributed by atoms with Crippen molar-refractivity contribution in [2.24, 2.45) is 11.1 Å². The molecule has 5 N–H and O–H groups in total. The van der Waals surface area contributed by atoms with E-state index in [1.807, 2.05) is 13.0 Å². The summed E-state index contributed by atoms with van der Waals surface area (Å²) in [5.74, 6) is -0.433. The molecule has 132 valence electrons. The average molecular weight is 336 g/mol. The summed E-state index contributed by atoms with van der Waals surface area (Å²) < 4.78 is 5.25. The van der Waals surface area contributed by atoms with Gasteiger partial charge in [-0.25, -0.2) is 4.79 Å². The molecule has 0 atom stereocenters. The van der Waals surface area contributed by atoms with Crippen LogP contribution in [-0.2, 0) is 16.1 Å². The molecule has 1 aliphatic rings. The van der Waals surface area contributed by atoms with Crippen LogP contribution in [0.1, 0.15) is 29.7 Å². The zero-order valence-electron chi connectivity index (χ0n) is 14.0. The van der Waals surface area contributed by atoms with Gasteiger partial charge in [0.2, 0.25) is 5.91 Å². The number of hydrogen-bond donors (Lipinski definition) is 4. The van der Waals surface area contributed by atoms with Crippen molar-refractivity contribution in [3.05, 3.63) is 33.2 Å². The van der Waals surface area contributed by atoms with Gasteiger partial charge in [0.1, 0.15) is 0 Å². The molecule has 0 radical (unpaired) electrons. The Morgan fingerprint density at radius 1 is 1.29 bits per heavy atom. The average Bonchev–Trinajstić information content (AvgIpc) is 2.52. The first kappa shape index (κ1) is 18.0. The van der Waals surface area contributed by atoms with Crippen molar-refractivity contribution in [2.75, 3.05) is 19.8 Å². The van der Waals surface area contributed by atoms with Crippen LogP contribution in [0.4, 0.5) is 4.79 Å². The molecule has 3 amide bonds. The predicted molar refractivity (Wildman–Crippen MR) is 88.5 cm³/mol. The molecule has 1 aromatic heterocycles. The topological polar surface area (TPSA) is 126 Å². The van der Waals surface area contributed by atoms with E-state index in [2.05, 4.69) is 15.6 Å². The van der Waals surface area contributed by atoms with Gasteiger partial charge in [-0.1, -0.05) is 0 Å². The highest BCUT2D eigenvalue weighted by atomic mass is 16.5. The number of carbonyl (C=O) groups is 2. The van der Waals surface area contributed by atoms with Crippen molar-refractivity contribution in [1.82, 2.24) is 15.6 Å². The van der Waals surface area contributed by atoms with Crippen LogP contribution in [0.3, 0.4) is 0 Å². The fraction of sp³-hybridized carbons (Fsp3) is 0.562. The summed E-state index contributed by atoms with van der Waals surface area (Å²) in [7, 11) is 0. The summed E-state index contributed by atoms with van der Waals surface area (Å²) in [6.07, 6.45) is 0.971. The molecular weight excluding hydrogens is 312 g/mol. The number of H-pyrrole nitrogens is 1. The third-order valence-electron chi connectivity index (χ3n) is 4.48. The van der Waals surface area contributed by atoms with E-state index < -0.39 is 17.4 Å². The number of nitrogens with one attached hydrogen (secondary N) is 3. The SMILES string of the molecule is Cc1cc(C)c(CNC(=O)NCC2(C(N)=O)CCOCC2)c(=O)[nH]1. The maximum atomic E-state index is 12.0. The summed E-state index contributed by atoms with van der Waals surface area (Å²) in [4.78, 5) is 38.4. The number of rotatable bonds is 5. The standard InChI is InChI=1S/C16H24N4O4/c1-10-7-11(2)20-13(21)12(10)8-18-15(23)19-9-16(14(17)22)3-5-24-6-4-16/h7H,3-6,8-9H2,1-2H3,(H2,17,22)(H,20,21)(H2,18,19,23). The molecule has 0 unspecified atom stereocenters. The molecule has 0 spiro atoms. The summed E-state index contributed by atoms with van der Waals surface area (Å²) in [6.45, 7) is 4.78. The van der Waals surface area contributed by atoms with Crippen LogP contribution in [0.2, 0.25) is 0 Å². The molecule has 1 aromatic rings. The maximum absolute atomic E-state index is 12.0. The van der Waals surface area contributed by atoms with E-state index in [9.17, 15) is 14.4 Å².